The highest BCUT2D eigenvalue weighted by molar-refractivity contribution is 6.06. The van der Waals surface area contributed by atoms with Crippen molar-refractivity contribution in [3.8, 4) is 0 Å². The fourth-order valence-corrected chi connectivity index (χ4v) is 3.47. The van der Waals surface area contributed by atoms with Crippen LogP contribution in [0.5, 0.6) is 0 Å². The number of nitrogens with one attached hydrogen (secondary N) is 1. The van der Waals surface area contributed by atoms with Gasteiger partial charge in [0.2, 0.25) is 0 Å². The maximum Gasteiger partial charge on any atom is 0.414 e. The van der Waals surface area contributed by atoms with E-state index in [4.69, 9.17) is 10.5 Å². The van der Waals surface area contributed by atoms with Crippen molar-refractivity contribution in [2.75, 3.05) is 19.5 Å². The van der Waals surface area contributed by atoms with E-state index in [0.717, 1.165) is 0 Å². The van der Waals surface area contributed by atoms with Crippen LogP contribution in [0.25, 0.3) is 11.0 Å². The second kappa shape index (κ2) is 9.34. The third-order valence-corrected chi connectivity index (χ3v) is 4.82. The molecule has 3 N–H and O–H groups in total. The van der Waals surface area contributed by atoms with E-state index in [-0.39, 0.29) is 16.9 Å². The summed E-state index contributed by atoms with van der Waals surface area (Å²) in [5.41, 5.74) is 6.81. The minimum Gasteiger partial charge on any atom is -0.399 e. The van der Waals surface area contributed by atoms with Crippen LogP contribution in [0.15, 0.2) is 36.5 Å². The van der Waals surface area contributed by atoms with Crippen LogP contribution in [0, 0.1) is 0 Å². The van der Waals surface area contributed by atoms with Gasteiger partial charge in [0.25, 0.3) is 5.91 Å². The van der Waals surface area contributed by atoms with Crippen LogP contribution in [-0.4, -0.2) is 40.3 Å². The maximum atomic E-state index is 13.7. The van der Waals surface area contributed by atoms with E-state index >= 15 is 0 Å². The number of anilines is 1. The normalized spacial score (nSPS) is 12.8. The molecule has 1 atom stereocenters. The molecule has 0 spiro atoms. The number of carbonyl (C=O) groups is 1. The summed E-state index contributed by atoms with van der Waals surface area (Å²) in [5.74, 6) is -0.191. The van der Waals surface area contributed by atoms with Crippen LogP contribution < -0.4 is 11.1 Å². The Labute approximate surface area is 177 Å². The molecule has 3 aromatic rings. The van der Waals surface area contributed by atoms with Gasteiger partial charge in [0.15, 0.2) is 6.04 Å². The summed E-state index contributed by atoms with van der Waals surface area (Å²) in [5, 5.41) is 2.08. The number of imidazole rings is 1. The number of halogens is 3. The fraction of sp³-hybridized carbons (Fsp3) is 0.381. The zero-order chi connectivity index (χ0) is 22.6. The molecular weight excluding hydrogens is 411 g/mol. The summed E-state index contributed by atoms with van der Waals surface area (Å²) in [7, 11) is 1.58. The largest absolute Gasteiger partial charge is 0.414 e. The molecule has 10 heteroatoms. The molecule has 31 heavy (non-hydrogen) atoms. The summed E-state index contributed by atoms with van der Waals surface area (Å²) in [4.78, 5) is 21.4. The molecule has 0 saturated carbocycles. The predicted molar refractivity (Wildman–Crippen MR) is 111 cm³/mol. The summed E-state index contributed by atoms with van der Waals surface area (Å²) in [6, 6.07) is 4.89. The third kappa shape index (κ3) is 4.96. The molecule has 0 radical (unpaired) electrons. The molecule has 166 valence electrons. The topological polar surface area (TPSA) is 95.1 Å². The van der Waals surface area contributed by atoms with Gasteiger partial charge in [-0.15, -0.1) is 0 Å². The number of hydrogen-bond acceptors (Lipinski definition) is 5. The van der Waals surface area contributed by atoms with E-state index in [2.05, 4.69) is 15.3 Å². The van der Waals surface area contributed by atoms with Crippen molar-refractivity contribution in [2.45, 2.75) is 38.5 Å². The molecule has 2 aromatic heterocycles. The number of alkyl halides is 3. The zero-order valence-corrected chi connectivity index (χ0v) is 17.2. The van der Waals surface area contributed by atoms with E-state index in [1.54, 1.807) is 13.2 Å². The second-order valence-electron chi connectivity index (χ2n) is 7.02. The van der Waals surface area contributed by atoms with Crippen LogP contribution in [0.4, 0.5) is 18.9 Å². The lowest BCUT2D eigenvalue weighted by Crippen LogP contribution is -2.38. The first-order valence-electron chi connectivity index (χ1n) is 9.82. The van der Waals surface area contributed by atoms with E-state index in [1.807, 2.05) is 11.5 Å². The average molecular weight is 435 g/mol. The fourth-order valence-electron chi connectivity index (χ4n) is 3.47. The van der Waals surface area contributed by atoms with Gasteiger partial charge >= 0.3 is 6.18 Å². The first-order valence-corrected chi connectivity index (χ1v) is 9.82. The van der Waals surface area contributed by atoms with Gasteiger partial charge in [-0.25, -0.2) is 4.98 Å². The first kappa shape index (κ1) is 22.5. The van der Waals surface area contributed by atoms with Crippen LogP contribution in [-0.2, 0) is 17.7 Å². The average Bonchev–Trinajstić information content (AvgIpc) is 3.08. The van der Waals surface area contributed by atoms with E-state index in [0.29, 0.717) is 42.9 Å². The SMILES string of the molecule is CCc1nc2cc(N)cc(C(=O)N[C@H](c3ccccn3)C(F)(F)F)c2n1CCCOC. The Bertz CT molecular complexity index is 1050. The van der Waals surface area contributed by atoms with E-state index < -0.39 is 18.1 Å². The molecule has 0 saturated heterocycles. The number of nitrogen functional groups attached to an aromatic ring is 1. The number of ether oxygens (including phenoxy) is 1. The molecule has 2 heterocycles. The van der Waals surface area contributed by atoms with Gasteiger partial charge in [-0.2, -0.15) is 13.2 Å². The van der Waals surface area contributed by atoms with Crippen molar-refractivity contribution < 1.29 is 22.7 Å². The number of nitrogens with zero attached hydrogens (tertiary/aromatic N) is 3. The number of pyridine rings is 1. The number of amides is 1. The molecular formula is C21H24F3N5O2. The lowest BCUT2D eigenvalue weighted by atomic mass is 10.1. The van der Waals surface area contributed by atoms with Gasteiger partial charge in [0.05, 0.1) is 22.3 Å². The quantitative estimate of drug-likeness (QED) is 0.416. The monoisotopic (exact) mass is 435 g/mol. The highest BCUT2D eigenvalue weighted by Gasteiger charge is 2.43. The highest BCUT2D eigenvalue weighted by atomic mass is 19.4. The van der Waals surface area contributed by atoms with Gasteiger partial charge < -0.3 is 20.4 Å². The molecule has 0 aliphatic heterocycles. The third-order valence-electron chi connectivity index (χ3n) is 4.82. The summed E-state index contributed by atoms with van der Waals surface area (Å²) < 4.78 is 48.1. The summed E-state index contributed by atoms with van der Waals surface area (Å²) in [6.45, 7) is 2.91. The number of hydrogen-bond donors (Lipinski definition) is 2. The molecule has 1 aromatic carbocycles. The van der Waals surface area contributed by atoms with Crippen molar-refractivity contribution in [3.63, 3.8) is 0 Å². The van der Waals surface area contributed by atoms with Crippen molar-refractivity contribution in [2.24, 2.45) is 0 Å². The minimum absolute atomic E-state index is 0.0322. The minimum atomic E-state index is -4.73. The number of rotatable bonds is 8. The second-order valence-corrected chi connectivity index (χ2v) is 7.02. The van der Waals surface area contributed by atoms with Crippen molar-refractivity contribution in [3.05, 3.63) is 53.6 Å². The molecule has 3 rings (SSSR count). The Morgan fingerprint density at radius 2 is 2.10 bits per heavy atom. The number of aromatic nitrogens is 3. The molecule has 0 aliphatic rings. The Hall–Kier alpha value is -3.14. The number of carbonyl (C=O) groups excluding carboxylic acids is 1. The molecule has 1 amide bonds. The van der Waals surface area contributed by atoms with Gasteiger partial charge in [0, 0.05) is 38.6 Å². The number of fused-ring (bicyclic) bond motifs is 1. The summed E-state index contributed by atoms with van der Waals surface area (Å²) >= 11 is 0. The molecule has 0 bridgehead atoms. The molecule has 7 nitrogen and oxygen atoms in total. The number of aryl methyl sites for hydroxylation is 2. The van der Waals surface area contributed by atoms with Crippen molar-refractivity contribution in [1.82, 2.24) is 19.9 Å². The van der Waals surface area contributed by atoms with E-state index in [9.17, 15) is 18.0 Å². The Morgan fingerprint density at radius 3 is 2.71 bits per heavy atom. The van der Waals surface area contributed by atoms with Gasteiger partial charge in [-0.3, -0.25) is 9.78 Å². The molecule has 0 unspecified atom stereocenters. The van der Waals surface area contributed by atoms with Crippen LogP contribution >= 0.6 is 0 Å². The standard InChI is InChI=1S/C21H24F3N5O2/c1-3-17-27-16-12-13(25)11-14(18(16)29(17)9-6-10-31-2)20(30)28-19(21(22,23)24)15-7-4-5-8-26-15/h4-5,7-8,11-12,19H,3,6,9-10,25H2,1-2H3,(H,28,30)/t19-/m1/s1. The Morgan fingerprint density at radius 1 is 1.32 bits per heavy atom. The van der Waals surface area contributed by atoms with E-state index in [1.165, 1.54) is 30.5 Å². The van der Waals surface area contributed by atoms with Crippen molar-refractivity contribution in [1.29, 1.82) is 0 Å². The lowest BCUT2D eigenvalue weighted by molar-refractivity contribution is -0.156. The zero-order valence-electron chi connectivity index (χ0n) is 17.2. The lowest BCUT2D eigenvalue weighted by Gasteiger charge is -2.21. The Kier molecular flexibility index (Phi) is 6.79. The first-order chi connectivity index (χ1) is 14.8. The van der Waals surface area contributed by atoms with Crippen molar-refractivity contribution >= 4 is 22.6 Å². The van der Waals surface area contributed by atoms with Gasteiger partial charge in [-0.05, 0) is 30.7 Å². The smallest absolute Gasteiger partial charge is 0.399 e. The number of benzene rings is 1. The predicted octanol–water partition coefficient (Wildman–Crippen LogP) is 3.65. The van der Waals surface area contributed by atoms with Crippen LogP contribution in [0.2, 0.25) is 0 Å². The number of methoxy groups -OCH3 is 1. The van der Waals surface area contributed by atoms with Crippen LogP contribution in [0.3, 0.4) is 0 Å². The van der Waals surface area contributed by atoms with Gasteiger partial charge in [-0.1, -0.05) is 13.0 Å². The highest BCUT2D eigenvalue weighted by Crippen LogP contribution is 2.33. The molecule has 0 aliphatic carbocycles. The molecule has 0 fully saturated rings. The summed E-state index contributed by atoms with van der Waals surface area (Å²) in [6.07, 6.45) is -2.24. The maximum absolute atomic E-state index is 13.7. The van der Waals surface area contributed by atoms with Gasteiger partial charge in [0.1, 0.15) is 5.82 Å². The Balaban J connectivity index is 2.05. The van der Waals surface area contributed by atoms with Crippen LogP contribution in [0.1, 0.15) is 41.3 Å². The number of nitrogens with two attached hydrogens (primary N) is 1.